The van der Waals surface area contributed by atoms with E-state index in [1.165, 1.54) is 11.8 Å². The number of aromatic nitrogens is 2. The van der Waals surface area contributed by atoms with Gasteiger partial charge in [-0.1, -0.05) is 28.9 Å². The second-order valence-electron chi connectivity index (χ2n) is 5.60. The number of thioether (sulfide) groups is 1. The summed E-state index contributed by atoms with van der Waals surface area (Å²) in [5, 5.41) is 7.25. The van der Waals surface area contributed by atoms with E-state index in [1.54, 1.807) is 44.6 Å². The van der Waals surface area contributed by atoms with Gasteiger partial charge >= 0.3 is 0 Å². The highest BCUT2D eigenvalue weighted by Crippen LogP contribution is 2.31. The number of para-hydroxylation sites is 1. The summed E-state index contributed by atoms with van der Waals surface area (Å²) in [6.07, 6.45) is 0. The normalized spacial score (nSPS) is 10.5. The van der Waals surface area contributed by atoms with Gasteiger partial charge in [0.2, 0.25) is 17.6 Å². The molecule has 0 saturated heterocycles. The van der Waals surface area contributed by atoms with Crippen LogP contribution in [0.1, 0.15) is 5.89 Å². The highest BCUT2D eigenvalue weighted by molar-refractivity contribution is 7.99. The molecular weight excluding hydrogens is 402 g/mol. The molecule has 1 amide bonds. The Morgan fingerprint density at radius 3 is 2.71 bits per heavy atom. The first-order valence-electron chi connectivity index (χ1n) is 8.28. The summed E-state index contributed by atoms with van der Waals surface area (Å²) in [6.45, 7) is 0. The zero-order valence-corrected chi connectivity index (χ0v) is 16.8. The lowest BCUT2D eigenvalue weighted by atomic mass is 10.2. The Hall–Kier alpha value is -2.71. The van der Waals surface area contributed by atoms with Crippen LogP contribution in [0.25, 0.3) is 11.4 Å². The highest BCUT2D eigenvalue weighted by atomic mass is 35.5. The van der Waals surface area contributed by atoms with Gasteiger partial charge in [-0.05, 0) is 30.3 Å². The number of ether oxygens (including phenoxy) is 2. The van der Waals surface area contributed by atoms with Crippen molar-refractivity contribution in [3.05, 3.63) is 53.4 Å². The molecule has 0 saturated carbocycles. The topological polar surface area (TPSA) is 86.5 Å². The number of anilines is 1. The quantitative estimate of drug-likeness (QED) is 0.583. The fourth-order valence-electron chi connectivity index (χ4n) is 2.39. The van der Waals surface area contributed by atoms with Crippen molar-refractivity contribution in [1.82, 2.24) is 10.1 Å². The maximum absolute atomic E-state index is 12.0. The number of amides is 1. The Balaban J connectivity index is 1.55. The van der Waals surface area contributed by atoms with Crippen LogP contribution >= 0.6 is 23.4 Å². The van der Waals surface area contributed by atoms with Gasteiger partial charge in [0.05, 0.1) is 36.4 Å². The maximum atomic E-state index is 12.0. The fourth-order valence-corrected chi connectivity index (χ4v) is 3.22. The van der Waals surface area contributed by atoms with E-state index < -0.39 is 0 Å². The number of hydrogen-bond acceptors (Lipinski definition) is 7. The van der Waals surface area contributed by atoms with Crippen molar-refractivity contribution in [3.8, 4) is 22.9 Å². The monoisotopic (exact) mass is 419 g/mol. The zero-order chi connectivity index (χ0) is 19.9. The summed E-state index contributed by atoms with van der Waals surface area (Å²) >= 11 is 7.39. The average Bonchev–Trinajstić information content (AvgIpc) is 3.18. The number of hydrogen-bond donors (Lipinski definition) is 1. The first kappa shape index (κ1) is 20.0. The molecule has 146 valence electrons. The SMILES string of the molecule is COc1ccc(-c2noc(CSCC(=O)Nc3ccccc3Cl)n2)cc1OC. The predicted molar refractivity (Wildman–Crippen MR) is 109 cm³/mol. The van der Waals surface area contributed by atoms with Gasteiger partial charge in [-0.25, -0.2) is 0 Å². The largest absolute Gasteiger partial charge is 0.493 e. The maximum Gasteiger partial charge on any atom is 0.236 e. The van der Waals surface area contributed by atoms with Crippen molar-refractivity contribution >= 4 is 35.0 Å². The van der Waals surface area contributed by atoms with Crippen LogP contribution in [-0.4, -0.2) is 36.0 Å². The summed E-state index contributed by atoms with van der Waals surface area (Å²) in [5.41, 5.74) is 1.33. The summed E-state index contributed by atoms with van der Waals surface area (Å²) in [5.74, 6) is 2.57. The molecule has 2 aromatic carbocycles. The molecule has 0 fully saturated rings. The fraction of sp³-hybridized carbons (Fsp3) is 0.211. The number of nitrogens with one attached hydrogen (secondary N) is 1. The highest BCUT2D eigenvalue weighted by Gasteiger charge is 2.13. The van der Waals surface area contributed by atoms with E-state index >= 15 is 0 Å². The van der Waals surface area contributed by atoms with Gasteiger partial charge in [-0.15, -0.1) is 11.8 Å². The molecule has 0 radical (unpaired) electrons. The van der Waals surface area contributed by atoms with Gasteiger partial charge in [-0.2, -0.15) is 4.98 Å². The van der Waals surface area contributed by atoms with Gasteiger partial charge in [-0.3, -0.25) is 4.79 Å². The molecule has 28 heavy (non-hydrogen) atoms. The lowest BCUT2D eigenvalue weighted by Gasteiger charge is -2.07. The van der Waals surface area contributed by atoms with Crippen LogP contribution in [0.4, 0.5) is 5.69 Å². The zero-order valence-electron chi connectivity index (χ0n) is 15.3. The summed E-state index contributed by atoms with van der Waals surface area (Å²) in [4.78, 5) is 16.4. The standard InChI is InChI=1S/C19H18ClN3O4S/c1-25-15-8-7-12(9-16(15)26-2)19-22-18(27-23-19)11-28-10-17(24)21-14-6-4-3-5-13(14)20/h3-9H,10-11H2,1-2H3,(H,21,24). The van der Waals surface area contributed by atoms with Crippen molar-refractivity contribution < 1.29 is 18.8 Å². The number of carbonyl (C=O) groups is 1. The van der Waals surface area contributed by atoms with Crippen molar-refractivity contribution in [2.45, 2.75) is 5.75 Å². The van der Waals surface area contributed by atoms with E-state index in [1.807, 2.05) is 12.1 Å². The summed E-state index contributed by atoms with van der Waals surface area (Å²) < 4.78 is 15.8. The Morgan fingerprint density at radius 1 is 1.18 bits per heavy atom. The number of methoxy groups -OCH3 is 2. The molecule has 0 bridgehead atoms. The van der Waals surface area contributed by atoms with E-state index in [4.69, 9.17) is 25.6 Å². The average molecular weight is 420 g/mol. The molecule has 9 heteroatoms. The van der Waals surface area contributed by atoms with E-state index in [0.29, 0.717) is 39.7 Å². The Labute approximate surface area is 171 Å². The van der Waals surface area contributed by atoms with Crippen molar-refractivity contribution in [2.75, 3.05) is 25.3 Å². The molecular formula is C19H18ClN3O4S. The molecule has 0 aliphatic carbocycles. The van der Waals surface area contributed by atoms with Gasteiger partial charge < -0.3 is 19.3 Å². The molecule has 7 nitrogen and oxygen atoms in total. The minimum atomic E-state index is -0.155. The molecule has 0 atom stereocenters. The van der Waals surface area contributed by atoms with E-state index in [9.17, 15) is 4.79 Å². The van der Waals surface area contributed by atoms with Gasteiger partial charge in [0.25, 0.3) is 0 Å². The van der Waals surface area contributed by atoms with Crippen LogP contribution in [0.15, 0.2) is 47.0 Å². The van der Waals surface area contributed by atoms with E-state index in [2.05, 4.69) is 15.5 Å². The molecule has 0 spiro atoms. The molecule has 3 rings (SSSR count). The number of benzene rings is 2. The Morgan fingerprint density at radius 2 is 1.96 bits per heavy atom. The summed E-state index contributed by atoms with van der Waals surface area (Å²) in [6, 6.07) is 12.5. The predicted octanol–water partition coefficient (Wildman–Crippen LogP) is 4.28. The Bertz CT molecular complexity index is 964. The molecule has 0 aliphatic heterocycles. The smallest absolute Gasteiger partial charge is 0.236 e. The third-order valence-corrected chi connectivity index (χ3v) is 4.96. The molecule has 0 unspecified atom stereocenters. The first-order chi connectivity index (χ1) is 13.6. The second-order valence-corrected chi connectivity index (χ2v) is 7.00. The first-order valence-corrected chi connectivity index (χ1v) is 9.81. The van der Waals surface area contributed by atoms with E-state index in [0.717, 1.165) is 5.56 Å². The van der Waals surface area contributed by atoms with Crippen LogP contribution in [0.2, 0.25) is 5.02 Å². The van der Waals surface area contributed by atoms with Crippen LogP contribution in [0.3, 0.4) is 0 Å². The lowest BCUT2D eigenvalue weighted by Crippen LogP contribution is -2.14. The van der Waals surface area contributed by atoms with Crippen LogP contribution in [0, 0.1) is 0 Å². The molecule has 1 N–H and O–H groups in total. The minimum Gasteiger partial charge on any atom is -0.493 e. The molecule has 0 aliphatic rings. The van der Waals surface area contributed by atoms with Gasteiger partial charge in [0.15, 0.2) is 11.5 Å². The molecule has 3 aromatic rings. The number of halogens is 1. The number of nitrogens with zero attached hydrogens (tertiary/aromatic N) is 2. The minimum absolute atomic E-state index is 0.155. The Kier molecular flexibility index (Phi) is 6.78. The van der Waals surface area contributed by atoms with Crippen molar-refractivity contribution in [2.24, 2.45) is 0 Å². The number of rotatable bonds is 8. The van der Waals surface area contributed by atoms with Crippen LogP contribution in [0.5, 0.6) is 11.5 Å². The molecule has 1 heterocycles. The number of carbonyl (C=O) groups excluding carboxylic acids is 1. The van der Waals surface area contributed by atoms with Crippen LogP contribution in [-0.2, 0) is 10.5 Å². The van der Waals surface area contributed by atoms with Crippen molar-refractivity contribution in [3.63, 3.8) is 0 Å². The molecule has 1 aromatic heterocycles. The lowest BCUT2D eigenvalue weighted by molar-refractivity contribution is -0.113. The van der Waals surface area contributed by atoms with E-state index in [-0.39, 0.29) is 11.7 Å². The second kappa shape index (κ2) is 9.48. The summed E-state index contributed by atoms with van der Waals surface area (Å²) in [7, 11) is 3.14. The van der Waals surface area contributed by atoms with Crippen LogP contribution < -0.4 is 14.8 Å². The van der Waals surface area contributed by atoms with Gasteiger partial charge in [0.1, 0.15) is 0 Å². The van der Waals surface area contributed by atoms with Crippen molar-refractivity contribution in [1.29, 1.82) is 0 Å². The third-order valence-electron chi connectivity index (χ3n) is 3.72. The third kappa shape index (κ3) is 4.96. The van der Waals surface area contributed by atoms with Gasteiger partial charge in [0, 0.05) is 5.56 Å².